The van der Waals surface area contributed by atoms with Crippen LogP contribution in [-0.4, -0.2) is 56.6 Å². The van der Waals surface area contributed by atoms with Crippen molar-refractivity contribution >= 4 is 17.3 Å². The maximum absolute atomic E-state index is 12.1. The van der Waals surface area contributed by atoms with E-state index in [1.807, 2.05) is 17.5 Å². The molecule has 0 aromatic carbocycles. The van der Waals surface area contributed by atoms with Crippen LogP contribution in [0.1, 0.15) is 30.1 Å². The number of esters is 1. The van der Waals surface area contributed by atoms with Crippen LogP contribution in [-0.2, 0) is 9.47 Å². The molecule has 0 aliphatic carbocycles. The minimum absolute atomic E-state index is 0.0811. The highest BCUT2D eigenvalue weighted by atomic mass is 32.1. The quantitative estimate of drug-likeness (QED) is 0.777. The van der Waals surface area contributed by atoms with Crippen LogP contribution in [0.25, 0.3) is 10.6 Å². The fourth-order valence-electron chi connectivity index (χ4n) is 2.52. The third kappa shape index (κ3) is 3.00. The SMILES string of the molecule is CCOC(=O)c1nnn(C2OC(CO)C[C@H]2O)c1-c1cccs1. The maximum atomic E-state index is 12.1. The molecule has 124 valence electrons. The van der Waals surface area contributed by atoms with Crippen molar-refractivity contribution in [2.75, 3.05) is 13.2 Å². The average molecular weight is 339 g/mol. The van der Waals surface area contributed by atoms with E-state index in [4.69, 9.17) is 9.47 Å². The van der Waals surface area contributed by atoms with Crippen LogP contribution in [0.4, 0.5) is 0 Å². The molecule has 23 heavy (non-hydrogen) atoms. The molecule has 9 heteroatoms. The average Bonchev–Trinajstić information content (AvgIpc) is 3.25. The van der Waals surface area contributed by atoms with Gasteiger partial charge in [0, 0.05) is 6.42 Å². The minimum atomic E-state index is -0.845. The lowest BCUT2D eigenvalue weighted by atomic mass is 10.2. The van der Waals surface area contributed by atoms with Crippen molar-refractivity contribution in [3.63, 3.8) is 0 Å². The molecule has 3 heterocycles. The molecule has 0 radical (unpaired) electrons. The summed E-state index contributed by atoms with van der Waals surface area (Å²) in [7, 11) is 0. The second-order valence-corrected chi connectivity index (χ2v) is 6.01. The van der Waals surface area contributed by atoms with Gasteiger partial charge in [0.05, 0.1) is 24.2 Å². The van der Waals surface area contributed by atoms with E-state index in [2.05, 4.69) is 10.3 Å². The zero-order valence-corrected chi connectivity index (χ0v) is 13.3. The molecular weight excluding hydrogens is 322 g/mol. The van der Waals surface area contributed by atoms with E-state index in [0.29, 0.717) is 12.1 Å². The fourth-order valence-corrected chi connectivity index (χ4v) is 3.28. The minimum Gasteiger partial charge on any atom is -0.461 e. The van der Waals surface area contributed by atoms with Gasteiger partial charge in [0.2, 0.25) is 0 Å². The summed E-state index contributed by atoms with van der Waals surface area (Å²) in [6.07, 6.45) is -1.83. The molecule has 0 saturated carbocycles. The summed E-state index contributed by atoms with van der Waals surface area (Å²) in [6.45, 7) is 1.74. The molecular formula is C14H17N3O5S. The molecule has 2 aromatic heterocycles. The van der Waals surface area contributed by atoms with Crippen molar-refractivity contribution in [2.45, 2.75) is 31.8 Å². The van der Waals surface area contributed by atoms with Crippen molar-refractivity contribution in [3.8, 4) is 10.6 Å². The van der Waals surface area contributed by atoms with E-state index < -0.39 is 24.4 Å². The predicted octanol–water partition coefficient (Wildman–Crippen LogP) is 0.824. The van der Waals surface area contributed by atoms with E-state index in [-0.39, 0.29) is 18.9 Å². The van der Waals surface area contributed by atoms with Gasteiger partial charge in [-0.25, -0.2) is 9.48 Å². The summed E-state index contributed by atoms with van der Waals surface area (Å²) in [4.78, 5) is 12.9. The molecule has 0 amide bonds. The Balaban J connectivity index is 2.02. The van der Waals surface area contributed by atoms with E-state index >= 15 is 0 Å². The monoisotopic (exact) mass is 339 g/mol. The van der Waals surface area contributed by atoms with Crippen LogP contribution in [0.15, 0.2) is 17.5 Å². The van der Waals surface area contributed by atoms with Crippen LogP contribution in [0.2, 0.25) is 0 Å². The molecule has 3 rings (SSSR count). The highest BCUT2D eigenvalue weighted by Gasteiger charge is 2.38. The standard InChI is InChI=1S/C14H17N3O5S/c1-2-21-14(20)11-12(10-4-3-5-23-10)17(16-15-11)13-9(19)6-8(7-18)22-13/h3-5,8-9,13,18-19H,2,6-7H2,1H3/t8?,9-,13?/m1/s1. The zero-order valence-electron chi connectivity index (χ0n) is 12.5. The number of carbonyl (C=O) groups is 1. The topological polar surface area (TPSA) is 107 Å². The Morgan fingerprint density at radius 3 is 3.04 bits per heavy atom. The molecule has 1 saturated heterocycles. The van der Waals surface area contributed by atoms with Gasteiger partial charge in [-0.1, -0.05) is 11.3 Å². The lowest BCUT2D eigenvalue weighted by molar-refractivity contribution is -0.0568. The van der Waals surface area contributed by atoms with Crippen LogP contribution < -0.4 is 0 Å². The number of rotatable bonds is 5. The van der Waals surface area contributed by atoms with Gasteiger partial charge in [-0.3, -0.25) is 0 Å². The Morgan fingerprint density at radius 2 is 2.43 bits per heavy atom. The summed E-state index contributed by atoms with van der Waals surface area (Å²) in [6, 6.07) is 3.67. The van der Waals surface area contributed by atoms with Gasteiger partial charge in [-0.15, -0.1) is 16.4 Å². The number of hydrogen-bond acceptors (Lipinski definition) is 8. The Bertz CT molecular complexity index is 672. The second kappa shape index (κ2) is 6.75. The van der Waals surface area contributed by atoms with Gasteiger partial charge < -0.3 is 19.7 Å². The Hall–Kier alpha value is -1.81. The summed E-state index contributed by atoms with van der Waals surface area (Å²) in [5.41, 5.74) is 0.527. The molecule has 2 unspecified atom stereocenters. The van der Waals surface area contributed by atoms with Gasteiger partial charge in [0.15, 0.2) is 11.9 Å². The second-order valence-electron chi connectivity index (χ2n) is 5.06. The van der Waals surface area contributed by atoms with E-state index in [1.54, 1.807) is 6.92 Å². The first-order chi connectivity index (χ1) is 11.2. The van der Waals surface area contributed by atoms with Gasteiger partial charge in [-0.2, -0.15) is 0 Å². The molecule has 1 aliphatic heterocycles. The Kier molecular flexibility index (Phi) is 4.71. The van der Waals surface area contributed by atoms with Crippen LogP contribution in [0, 0.1) is 0 Å². The molecule has 8 nitrogen and oxygen atoms in total. The number of hydrogen-bond donors (Lipinski definition) is 2. The van der Waals surface area contributed by atoms with Crippen molar-refractivity contribution in [1.29, 1.82) is 0 Å². The Morgan fingerprint density at radius 1 is 1.61 bits per heavy atom. The highest BCUT2D eigenvalue weighted by molar-refractivity contribution is 7.13. The van der Waals surface area contributed by atoms with Crippen molar-refractivity contribution in [3.05, 3.63) is 23.2 Å². The molecule has 0 spiro atoms. The number of aromatic nitrogens is 3. The number of carbonyl (C=O) groups excluding carboxylic acids is 1. The first kappa shape index (κ1) is 16.1. The highest BCUT2D eigenvalue weighted by Crippen LogP contribution is 2.35. The normalized spacial score (nSPS) is 24.0. The van der Waals surface area contributed by atoms with E-state index in [9.17, 15) is 15.0 Å². The van der Waals surface area contributed by atoms with Crippen molar-refractivity contribution in [1.82, 2.24) is 15.0 Å². The molecule has 2 N–H and O–H groups in total. The zero-order chi connectivity index (χ0) is 16.4. The lowest BCUT2D eigenvalue weighted by Crippen LogP contribution is -2.22. The largest absolute Gasteiger partial charge is 0.461 e. The summed E-state index contributed by atoms with van der Waals surface area (Å²) < 4.78 is 12.0. The maximum Gasteiger partial charge on any atom is 0.361 e. The molecule has 3 atom stereocenters. The van der Waals surface area contributed by atoms with Crippen LogP contribution in [0.5, 0.6) is 0 Å². The predicted molar refractivity (Wildman–Crippen MR) is 80.9 cm³/mol. The number of aliphatic hydroxyl groups excluding tert-OH is 2. The fraction of sp³-hybridized carbons (Fsp3) is 0.500. The Labute approximate surface area is 136 Å². The van der Waals surface area contributed by atoms with Crippen LogP contribution >= 0.6 is 11.3 Å². The van der Waals surface area contributed by atoms with Crippen molar-refractivity contribution < 1.29 is 24.5 Å². The molecule has 2 aromatic rings. The number of aliphatic hydroxyl groups is 2. The van der Waals surface area contributed by atoms with Crippen LogP contribution in [0.3, 0.4) is 0 Å². The third-order valence-electron chi connectivity index (χ3n) is 3.53. The number of nitrogens with zero attached hydrogens (tertiary/aromatic N) is 3. The third-order valence-corrected chi connectivity index (χ3v) is 4.40. The summed E-state index contributed by atoms with van der Waals surface area (Å²) in [5.74, 6) is -0.576. The first-order valence-corrected chi connectivity index (χ1v) is 8.14. The summed E-state index contributed by atoms with van der Waals surface area (Å²) >= 11 is 1.42. The van der Waals surface area contributed by atoms with E-state index in [1.165, 1.54) is 16.0 Å². The summed E-state index contributed by atoms with van der Waals surface area (Å²) in [5, 5.41) is 29.2. The van der Waals surface area contributed by atoms with Crippen molar-refractivity contribution in [2.24, 2.45) is 0 Å². The molecule has 1 aliphatic rings. The molecule has 1 fully saturated rings. The van der Waals surface area contributed by atoms with Gasteiger partial charge in [0.25, 0.3) is 0 Å². The van der Waals surface area contributed by atoms with E-state index in [0.717, 1.165) is 4.88 Å². The van der Waals surface area contributed by atoms with Gasteiger partial charge in [-0.05, 0) is 18.4 Å². The lowest BCUT2D eigenvalue weighted by Gasteiger charge is -2.16. The van der Waals surface area contributed by atoms with Gasteiger partial charge >= 0.3 is 5.97 Å². The van der Waals surface area contributed by atoms with Gasteiger partial charge in [0.1, 0.15) is 11.8 Å². The number of ether oxygens (including phenoxy) is 2. The smallest absolute Gasteiger partial charge is 0.361 e. The number of thiophene rings is 1. The first-order valence-electron chi connectivity index (χ1n) is 7.26. The molecule has 0 bridgehead atoms.